The molecule has 0 aliphatic heterocycles. The summed E-state index contributed by atoms with van der Waals surface area (Å²) < 4.78 is 4.80. The van der Waals surface area contributed by atoms with Gasteiger partial charge in [-0.3, -0.25) is 4.79 Å². The number of aromatic nitrogens is 2. The standard InChI is InChI=1S/C13H14N4O2/c1-9-16-12(17-19-9)8-15-13(18)7-4-10-2-5-11(14)6-3-10/h2-7H,8,14H2,1H3,(H,15,18)/b7-4+. The van der Waals surface area contributed by atoms with Crippen molar-refractivity contribution in [1.29, 1.82) is 0 Å². The molecule has 0 aliphatic carbocycles. The van der Waals surface area contributed by atoms with Gasteiger partial charge in [-0.1, -0.05) is 17.3 Å². The molecule has 6 heteroatoms. The van der Waals surface area contributed by atoms with E-state index < -0.39 is 0 Å². The number of amides is 1. The van der Waals surface area contributed by atoms with Crippen LogP contribution in [0.5, 0.6) is 0 Å². The number of carbonyl (C=O) groups excluding carboxylic acids is 1. The van der Waals surface area contributed by atoms with E-state index in [4.69, 9.17) is 10.3 Å². The lowest BCUT2D eigenvalue weighted by Gasteiger charge is -1.97. The van der Waals surface area contributed by atoms with Gasteiger partial charge in [0.05, 0.1) is 6.54 Å². The Labute approximate surface area is 110 Å². The van der Waals surface area contributed by atoms with Crippen LogP contribution in [0, 0.1) is 6.92 Å². The summed E-state index contributed by atoms with van der Waals surface area (Å²) in [5.41, 5.74) is 7.16. The molecule has 0 aliphatic rings. The average Bonchev–Trinajstić information content (AvgIpc) is 2.81. The Balaban J connectivity index is 1.85. The third kappa shape index (κ3) is 3.95. The maximum Gasteiger partial charge on any atom is 0.244 e. The van der Waals surface area contributed by atoms with Crippen LogP contribution in [0.1, 0.15) is 17.3 Å². The highest BCUT2D eigenvalue weighted by Gasteiger charge is 2.02. The number of hydrogen-bond acceptors (Lipinski definition) is 5. The van der Waals surface area contributed by atoms with Crippen LogP contribution in [-0.2, 0) is 11.3 Å². The van der Waals surface area contributed by atoms with Crippen molar-refractivity contribution in [2.75, 3.05) is 5.73 Å². The number of aryl methyl sites for hydroxylation is 1. The number of nitrogens with zero attached hydrogens (tertiary/aromatic N) is 2. The third-order valence-electron chi connectivity index (χ3n) is 2.35. The molecule has 0 saturated heterocycles. The topological polar surface area (TPSA) is 94.0 Å². The summed E-state index contributed by atoms with van der Waals surface area (Å²) in [6, 6.07) is 7.22. The number of benzene rings is 1. The first-order valence-electron chi connectivity index (χ1n) is 5.74. The quantitative estimate of drug-likeness (QED) is 0.636. The number of nitrogen functional groups attached to an aromatic ring is 1. The molecule has 0 fully saturated rings. The molecule has 1 heterocycles. The zero-order chi connectivity index (χ0) is 13.7. The molecule has 0 radical (unpaired) electrons. The minimum absolute atomic E-state index is 0.223. The molecule has 1 aromatic carbocycles. The van der Waals surface area contributed by atoms with Gasteiger partial charge >= 0.3 is 0 Å². The molecule has 0 bridgehead atoms. The summed E-state index contributed by atoms with van der Waals surface area (Å²) in [6.45, 7) is 1.93. The highest BCUT2D eigenvalue weighted by atomic mass is 16.5. The van der Waals surface area contributed by atoms with Crippen molar-refractivity contribution in [2.45, 2.75) is 13.5 Å². The number of rotatable bonds is 4. The van der Waals surface area contributed by atoms with Crippen molar-refractivity contribution in [2.24, 2.45) is 0 Å². The van der Waals surface area contributed by atoms with Gasteiger partial charge in [0.15, 0.2) is 5.82 Å². The van der Waals surface area contributed by atoms with Crippen LogP contribution >= 0.6 is 0 Å². The smallest absolute Gasteiger partial charge is 0.244 e. The summed E-state index contributed by atoms with van der Waals surface area (Å²) >= 11 is 0. The highest BCUT2D eigenvalue weighted by Crippen LogP contribution is 2.06. The van der Waals surface area contributed by atoms with E-state index in [0.717, 1.165) is 5.56 Å². The minimum atomic E-state index is -0.223. The average molecular weight is 258 g/mol. The highest BCUT2D eigenvalue weighted by molar-refractivity contribution is 5.91. The molecule has 3 N–H and O–H groups in total. The van der Waals surface area contributed by atoms with E-state index in [1.165, 1.54) is 6.08 Å². The van der Waals surface area contributed by atoms with Crippen molar-refractivity contribution in [3.63, 3.8) is 0 Å². The van der Waals surface area contributed by atoms with Gasteiger partial charge < -0.3 is 15.6 Å². The van der Waals surface area contributed by atoms with Gasteiger partial charge in [0.25, 0.3) is 0 Å². The summed E-state index contributed by atoms with van der Waals surface area (Å²) in [7, 11) is 0. The molecule has 2 aromatic rings. The van der Waals surface area contributed by atoms with E-state index in [1.54, 1.807) is 25.1 Å². The second kappa shape index (κ2) is 5.81. The summed E-state index contributed by atoms with van der Waals surface area (Å²) in [4.78, 5) is 15.5. The second-order valence-electron chi connectivity index (χ2n) is 3.95. The maximum atomic E-state index is 11.6. The Hall–Kier alpha value is -2.63. The number of hydrogen-bond donors (Lipinski definition) is 2. The van der Waals surface area contributed by atoms with E-state index in [2.05, 4.69) is 15.5 Å². The number of nitrogens with one attached hydrogen (secondary N) is 1. The normalized spacial score (nSPS) is 10.8. The van der Waals surface area contributed by atoms with Crippen molar-refractivity contribution in [3.8, 4) is 0 Å². The van der Waals surface area contributed by atoms with Gasteiger partial charge in [0, 0.05) is 18.7 Å². The lowest BCUT2D eigenvalue weighted by Crippen LogP contribution is -2.20. The van der Waals surface area contributed by atoms with E-state index in [9.17, 15) is 4.79 Å². The largest absolute Gasteiger partial charge is 0.399 e. The number of anilines is 1. The molecule has 98 valence electrons. The van der Waals surface area contributed by atoms with Crippen LogP contribution in [0.25, 0.3) is 6.08 Å². The molecule has 19 heavy (non-hydrogen) atoms. The molecule has 2 rings (SSSR count). The Morgan fingerprint density at radius 1 is 1.42 bits per heavy atom. The van der Waals surface area contributed by atoms with E-state index in [-0.39, 0.29) is 12.5 Å². The Bertz CT molecular complexity index is 587. The second-order valence-corrected chi connectivity index (χ2v) is 3.95. The van der Waals surface area contributed by atoms with Gasteiger partial charge in [-0.05, 0) is 23.8 Å². The first-order chi connectivity index (χ1) is 9.13. The van der Waals surface area contributed by atoms with Gasteiger partial charge in [-0.2, -0.15) is 4.98 Å². The van der Waals surface area contributed by atoms with Crippen LogP contribution in [-0.4, -0.2) is 16.0 Å². The fourth-order valence-electron chi connectivity index (χ4n) is 1.42. The van der Waals surface area contributed by atoms with E-state index in [0.29, 0.717) is 17.4 Å². The van der Waals surface area contributed by atoms with Gasteiger partial charge in [-0.15, -0.1) is 0 Å². The molecule has 0 unspecified atom stereocenters. The fourth-order valence-corrected chi connectivity index (χ4v) is 1.42. The molecule has 0 spiro atoms. The van der Waals surface area contributed by atoms with Crippen LogP contribution in [0.15, 0.2) is 34.9 Å². The molecular formula is C13H14N4O2. The third-order valence-corrected chi connectivity index (χ3v) is 2.35. The van der Waals surface area contributed by atoms with Crippen LogP contribution in [0.4, 0.5) is 5.69 Å². The molecule has 0 atom stereocenters. The first-order valence-corrected chi connectivity index (χ1v) is 5.74. The monoisotopic (exact) mass is 258 g/mol. The van der Waals surface area contributed by atoms with E-state index >= 15 is 0 Å². The molecule has 1 aromatic heterocycles. The Morgan fingerprint density at radius 2 is 2.16 bits per heavy atom. The van der Waals surface area contributed by atoms with Crippen LogP contribution < -0.4 is 11.1 Å². The Kier molecular flexibility index (Phi) is 3.92. The zero-order valence-electron chi connectivity index (χ0n) is 10.5. The SMILES string of the molecule is Cc1nc(CNC(=O)/C=C/c2ccc(N)cc2)no1. The summed E-state index contributed by atoms with van der Waals surface area (Å²) in [5, 5.41) is 6.34. The number of nitrogens with two attached hydrogens (primary N) is 1. The predicted octanol–water partition coefficient (Wildman–Crippen LogP) is 1.29. The molecule has 1 amide bonds. The first kappa shape index (κ1) is 12.8. The lowest BCUT2D eigenvalue weighted by molar-refractivity contribution is -0.116. The minimum Gasteiger partial charge on any atom is -0.399 e. The zero-order valence-corrected chi connectivity index (χ0v) is 10.5. The van der Waals surface area contributed by atoms with Gasteiger partial charge in [-0.25, -0.2) is 0 Å². The van der Waals surface area contributed by atoms with Gasteiger partial charge in [0.2, 0.25) is 11.8 Å². The van der Waals surface area contributed by atoms with Gasteiger partial charge in [0.1, 0.15) is 0 Å². The predicted molar refractivity (Wildman–Crippen MR) is 70.8 cm³/mol. The summed E-state index contributed by atoms with van der Waals surface area (Å²) in [6.07, 6.45) is 3.15. The molecule has 0 saturated carbocycles. The summed E-state index contributed by atoms with van der Waals surface area (Å²) in [5.74, 6) is 0.702. The Morgan fingerprint density at radius 3 is 2.79 bits per heavy atom. The molecule has 6 nitrogen and oxygen atoms in total. The van der Waals surface area contributed by atoms with Crippen molar-refractivity contribution in [3.05, 3.63) is 47.6 Å². The molecular weight excluding hydrogens is 244 g/mol. The van der Waals surface area contributed by atoms with Crippen LogP contribution in [0.2, 0.25) is 0 Å². The van der Waals surface area contributed by atoms with Crippen LogP contribution in [0.3, 0.4) is 0 Å². The lowest BCUT2D eigenvalue weighted by atomic mass is 10.2. The van der Waals surface area contributed by atoms with Crippen molar-refractivity contribution >= 4 is 17.7 Å². The maximum absolute atomic E-state index is 11.6. The van der Waals surface area contributed by atoms with Crippen molar-refractivity contribution < 1.29 is 9.32 Å². The van der Waals surface area contributed by atoms with E-state index in [1.807, 2.05) is 12.1 Å². The fraction of sp³-hybridized carbons (Fsp3) is 0.154. The number of carbonyl (C=O) groups is 1. The van der Waals surface area contributed by atoms with Crippen molar-refractivity contribution in [1.82, 2.24) is 15.5 Å².